The first-order chi connectivity index (χ1) is 6.22. The van der Waals surface area contributed by atoms with Crippen LogP contribution in [0.4, 0.5) is 4.39 Å². The molecule has 0 aliphatic rings. The number of hydrogen-bond donors (Lipinski definition) is 1. The zero-order valence-corrected chi connectivity index (χ0v) is 7.04. The molecule has 0 saturated carbocycles. The second kappa shape index (κ2) is 3.87. The Balaban J connectivity index is 3.31. The van der Waals surface area contributed by atoms with Crippen molar-refractivity contribution in [2.75, 3.05) is 7.11 Å². The van der Waals surface area contributed by atoms with Crippen molar-refractivity contribution in [3.05, 3.63) is 29.1 Å². The summed E-state index contributed by atoms with van der Waals surface area (Å²) in [5.41, 5.74) is 0.332. The van der Waals surface area contributed by atoms with Crippen LogP contribution < -0.4 is 4.74 Å². The lowest BCUT2D eigenvalue weighted by molar-refractivity contribution is 0.280. The minimum absolute atomic E-state index is 0.0249. The van der Waals surface area contributed by atoms with Crippen molar-refractivity contribution < 1.29 is 14.2 Å². The fourth-order valence-electron chi connectivity index (χ4n) is 0.976. The van der Waals surface area contributed by atoms with Crippen LogP contribution in [-0.2, 0) is 6.61 Å². The van der Waals surface area contributed by atoms with Gasteiger partial charge < -0.3 is 9.84 Å². The van der Waals surface area contributed by atoms with Crippen molar-refractivity contribution in [1.29, 1.82) is 5.26 Å². The Morgan fingerprint density at radius 3 is 2.77 bits per heavy atom. The van der Waals surface area contributed by atoms with Gasteiger partial charge in [0.1, 0.15) is 6.07 Å². The maximum absolute atomic E-state index is 13.2. The lowest BCUT2D eigenvalue weighted by Gasteiger charge is -2.04. The van der Waals surface area contributed by atoms with Gasteiger partial charge in [0.05, 0.1) is 19.3 Å². The molecular weight excluding hydrogens is 173 g/mol. The first-order valence-electron chi connectivity index (χ1n) is 3.60. The molecule has 1 rings (SSSR count). The molecule has 0 bridgehead atoms. The number of methoxy groups -OCH3 is 1. The van der Waals surface area contributed by atoms with Gasteiger partial charge in [0.2, 0.25) is 0 Å². The molecule has 0 aliphatic carbocycles. The van der Waals surface area contributed by atoms with Gasteiger partial charge in [-0.05, 0) is 17.7 Å². The van der Waals surface area contributed by atoms with E-state index in [1.807, 2.05) is 0 Å². The number of aliphatic hydroxyl groups is 1. The largest absolute Gasteiger partial charge is 0.494 e. The minimum Gasteiger partial charge on any atom is -0.494 e. The molecule has 4 heteroatoms. The fourth-order valence-corrected chi connectivity index (χ4v) is 0.976. The van der Waals surface area contributed by atoms with Crippen LogP contribution in [-0.4, -0.2) is 12.2 Å². The summed E-state index contributed by atoms with van der Waals surface area (Å²) >= 11 is 0. The summed E-state index contributed by atoms with van der Waals surface area (Å²) in [4.78, 5) is 0. The molecule has 0 atom stereocenters. The topological polar surface area (TPSA) is 53.2 Å². The third-order valence-electron chi connectivity index (χ3n) is 1.62. The van der Waals surface area contributed by atoms with E-state index in [1.54, 1.807) is 6.07 Å². The van der Waals surface area contributed by atoms with Crippen molar-refractivity contribution in [2.24, 2.45) is 0 Å². The van der Waals surface area contributed by atoms with Crippen LogP contribution in [0, 0.1) is 17.1 Å². The number of benzene rings is 1. The van der Waals surface area contributed by atoms with Crippen LogP contribution in [0.5, 0.6) is 5.75 Å². The highest BCUT2D eigenvalue weighted by Crippen LogP contribution is 2.22. The van der Waals surface area contributed by atoms with Crippen LogP contribution in [0.25, 0.3) is 0 Å². The molecule has 0 unspecified atom stereocenters. The van der Waals surface area contributed by atoms with E-state index in [2.05, 4.69) is 0 Å². The molecule has 0 spiro atoms. The number of ether oxygens (including phenoxy) is 1. The monoisotopic (exact) mass is 181 g/mol. The Morgan fingerprint density at radius 2 is 2.31 bits per heavy atom. The predicted octanol–water partition coefficient (Wildman–Crippen LogP) is 1.20. The van der Waals surface area contributed by atoms with Gasteiger partial charge in [0, 0.05) is 0 Å². The highest BCUT2D eigenvalue weighted by molar-refractivity contribution is 5.42. The van der Waals surface area contributed by atoms with Gasteiger partial charge >= 0.3 is 0 Å². The van der Waals surface area contributed by atoms with Gasteiger partial charge in [-0.25, -0.2) is 4.39 Å². The van der Waals surface area contributed by atoms with Crippen LogP contribution in [0.15, 0.2) is 12.1 Å². The smallest absolute Gasteiger partial charge is 0.182 e. The summed E-state index contributed by atoms with van der Waals surface area (Å²) in [7, 11) is 1.31. The molecule has 1 aromatic carbocycles. The van der Waals surface area contributed by atoms with Gasteiger partial charge in [-0.3, -0.25) is 0 Å². The number of nitrogens with zero attached hydrogens (tertiary/aromatic N) is 1. The van der Waals surface area contributed by atoms with Crippen molar-refractivity contribution in [3.63, 3.8) is 0 Å². The van der Waals surface area contributed by atoms with Crippen molar-refractivity contribution in [2.45, 2.75) is 6.61 Å². The van der Waals surface area contributed by atoms with Gasteiger partial charge in [0.15, 0.2) is 11.6 Å². The average Bonchev–Trinajstić information content (AvgIpc) is 2.18. The Bertz CT molecular complexity index is 357. The second-order valence-electron chi connectivity index (χ2n) is 2.43. The van der Waals surface area contributed by atoms with E-state index in [1.165, 1.54) is 19.2 Å². The van der Waals surface area contributed by atoms with Crippen molar-refractivity contribution >= 4 is 0 Å². The predicted molar refractivity (Wildman–Crippen MR) is 43.6 cm³/mol. The SMILES string of the molecule is COc1cc(CO)cc(C#N)c1F. The summed E-state index contributed by atoms with van der Waals surface area (Å²) in [6, 6.07) is 4.33. The van der Waals surface area contributed by atoms with E-state index in [0.29, 0.717) is 5.56 Å². The number of aliphatic hydroxyl groups excluding tert-OH is 1. The Morgan fingerprint density at radius 1 is 1.62 bits per heavy atom. The Labute approximate surface area is 75.0 Å². The number of halogens is 1. The molecule has 13 heavy (non-hydrogen) atoms. The second-order valence-corrected chi connectivity index (χ2v) is 2.43. The number of nitriles is 1. The maximum atomic E-state index is 13.2. The quantitative estimate of drug-likeness (QED) is 0.745. The molecule has 68 valence electrons. The Hall–Kier alpha value is -1.60. The molecule has 0 radical (unpaired) electrons. The van der Waals surface area contributed by atoms with Crippen molar-refractivity contribution in [1.82, 2.24) is 0 Å². The van der Waals surface area contributed by atoms with Crippen LogP contribution in [0.2, 0.25) is 0 Å². The summed E-state index contributed by atoms with van der Waals surface area (Å²) in [6.45, 7) is -0.245. The molecule has 3 nitrogen and oxygen atoms in total. The van der Waals surface area contributed by atoms with Crippen molar-refractivity contribution in [3.8, 4) is 11.8 Å². The summed E-state index contributed by atoms with van der Waals surface area (Å²) in [5.74, 6) is -0.717. The highest BCUT2D eigenvalue weighted by atomic mass is 19.1. The summed E-state index contributed by atoms with van der Waals surface area (Å²) in [5, 5.41) is 17.3. The molecule has 1 aromatic rings. The van der Waals surface area contributed by atoms with Crippen LogP contribution >= 0.6 is 0 Å². The van der Waals surface area contributed by atoms with E-state index >= 15 is 0 Å². The third kappa shape index (κ3) is 1.76. The first-order valence-corrected chi connectivity index (χ1v) is 3.60. The maximum Gasteiger partial charge on any atom is 0.182 e. The van der Waals surface area contributed by atoms with Crippen LogP contribution in [0.3, 0.4) is 0 Å². The summed E-state index contributed by atoms with van der Waals surface area (Å²) in [6.07, 6.45) is 0. The van der Waals surface area contributed by atoms with E-state index in [-0.39, 0.29) is 17.9 Å². The van der Waals surface area contributed by atoms with Gasteiger partial charge in [0.25, 0.3) is 0 Å². The molecular formula is C9H8FNO2. The standard InChI is InChI=1S/C9H8FNO2/c1-13-8-3-6(5-12)2-7(4-11)9(8)10/h2-3,12H,5H2,1H3. The molecule has 1 N–H and O–H groups in total. The number of rotatable bonds is 2. The van der Waals surface area contributed by atoms with Gasteiger partial charge in [-0.1, -0.05) is 0 Å². The van der Waals surface area contributed by atoms with E-state index in [0.717, 1.165) is 0 Å². The van der Waals surface area contributed by atoms with E-state index in [9.17, 15) is 4.39 Å². The molecule has 0 fully saturated rings. The molecule has 0 saturated heterocycles. The molecule has 0 amide bonds. The lowest BCUT2D eigenvalue weighted by atomic mass is 10.1. The van der Waals surface area contributed by atoms with Gasteiger partial charge in [-0.15, -0.1) is 0 Å². The third-order valence-corrected chi connectivity index (χ3v) is 1.62. The zero-order valence-electron chi connectivity index (χ0n) is 7.04. The first kappa shape index (κ1) is 9.49. The normalized spacial score (nSPS) is 9.38. The Kier molecular flexibility index (Phi) is 2.83. The molecule has 0 heterocycles. The highest BCUT2D eigenvalue weighted by Gasteiger charge is 2.10. The van der Waals surface area contributed by atoms with Crippen LogP contribution in [0.1, 0.15) is 11.1 Å². The fraction of sp³-hybridized carbons (Fsp3) is 0.222. The molecule has 0 aliphatic heterocycles. The number of hydrogen-bond acceptors (Lipinski definition) is 3. The van der Waals surface area contributed by atoms with Gasteiger partial charge in [-0.2, -0.15) is 5.26 Å². The average molecular weight is 181 g/mol. The van der Waals surface area contributed by atoms with E-state index in [4.69, 9.17) is 15.1 Å². The molecule has 0 aromatic heterocycles. The minimum atomic E-state index is -0.692. The lowest BCUT2D eigenvalue weighted by Crippen LogP contribution is -1.95. The zero-order chi connectivity index (χ0) is 9.84. The summed E-state index contributed by atoms with van der Waals surface area (Å²) < 4.78 is 17.9. The van der Waals surface area contributed by atoms with E-state index < -0.39 is 5.82 Å².